The number of aromatic nitrogens is 2. The quantitative estimate of drug-likeness (QED) is 0.652. The lowest BCUT2D eigenvalue weighted by Gasteiger charge is -2.09. The molecular formula is C14H10BrClFN3O. The first-order valence-corrected chi connectivity index (χ1v) is 7.29. The molecule has 0 saturated heterocycles. The number of anilines is 1. The molecule has 0 aliphatic heterocycles. The minimum atomic E-state index is -0.371. The Bertz CT molecular complexity index is 854. The number of hydrogen-bond donors (Lipinski definition) is 3. The smallest absolute Gasteiger partial charge is 0.323 e. The molecule has 3 N–H and O–H groups in total. The monoisotopic (exact) mass is 369 g/mol. The van der Waals surface area contributed by atoms with Crippen LogP contribution in [-0.4, -0.2) is 9.97 Å². The molecule has 3 rings (SSSR count). The molecule has 0 radical (unpaired) electrons. The number of imidazole rings is 1. The summed E-state index contributed by atoms with van der Waals surface area (Å²) in [5, 5.41) is 3.53. The molecule has 0 unspecified atom stereocenters. The summed E-state index contributed by atoms with van der Waals surface area (Å²) in [5.41, 5.74) is 2.67. The Kier molecular flexibility index (Phi) is 3.73. The van der Waals surface area contributed by atoms with Crippen molar-refractivity contribution in [3.8, 4) is 0 Å². The summed E-state index contributed by atoms with van der Waals surface area (Å²) in [4.78, 5) is 16.6. The van der Waals surface area contributed by atoms with Crippen LogP contribution >= 0.6 is 27.5 Å². The molecule has 21 heavy (non-hydrogen) atoms. The summed E-state index contributed by atoms with van der Waals surface area (Å²) in [6.45, 7) is 0.413. The van der Waals surface area contributed by atoms with Gasteiger partial charge in [-0.05, 0) is 51.8 Å². The highest BCUT2D eigenvalue weighted by Crippen LogP contribution is 2.27. The highest BCUT2D eigenvalue weighted by molar-refractivity contribution is 9.10. The van der Waals surface area contributed by atoms with Gasteiger partial charge in [0, 0.05) is 16.0 Å². The molecule has 0 fully saturated rings. The van der Waals surface area contributed by atoms with Gasteiger partial charge in [-0.2, -0.15) is 0 Å². The number of aromatic amines is 2. The molecule has 0 amide bonds. The van der Waals surface area contributed by atoms with Crippen molar-refractivity contribution in [2.24, 2.45) is 0 Å². The van der Waals surface area contributed by atoms with Gasteiger partial charge in [-0.15, -0.1) is 0 Å². The van der Waals surface area contributed by atoms with Crippen LogP contribution in [0.25, 0.3) is 11.0 Å². The molecular weight excluding hydrogens is 361 g/mol. The van der Waals surface area contributed by atoms with E-state index in [9.17, 15) is 9.18 Å². The van der Waals surface area contributed by atoms with E-state index in [2.05, 4.69) is 31.2 Å². The maximum Gasteiger partial charge on any atom is 0.323 e. The summed E-state index contributed by atoms with van der Waals surface area (Å²) >= 11 is 9.25. The van der Waals surface area contributed by atoms with Gasteiger partial charge in [0.2, 0.25) is 0 Å². The second kappa shape index (κ2) is 5.54. The van der Waals surface area contributed by atoms with E-state index in [4.69, 9.17) is 11.6 Å². The van der Waals surface area contributed by atoms with Crippen molar-refractivity contribution in [1.82, 2.24) is 9.97 Å². The SMILES string of the molecule is O=c1[nH]c2cc(Br)c(NCc3cc(F)cc(Cl)c3)cc2[nH]1. The number of hydrogen-bond acceptors (Lipinski definition) is 2. The number of H-pyrrole nitrogens is 2. The Morgan fingerprint density at radius 2 is 1.86 bits per heavy atom. The van der Waals surface area contributed by atoms with Crippen molar-refractivity contribution in [2.75, 3.05) is 5.32 Å². The molecule has 108 valence electrons. The predicted molar refractivity (Wildman–Crippen MR) is 85.4 cm³/mol. The predicted octanol–water partition coefficient (Wildman–Crippen LogP) is 4.02. The third kappa shape index (κ3) is 3.11. The Hall–Kier alpha value is -1.79. The van der Waals surface area contributed by atoms with E-state index in [1.807, 2.05) is 0 Å². The fourth-order valence-corrected chi connectivity index (χ4v) is 2.83. The average molecular weight is 371 g/mol. The zero-order valence-corrected chi connectivity index (χ0v) is 13.0. The Balaban J connectivity index is 1.87. The zero-order valence-electron chi connectivity index (χ0n) is 10.6. The number of halogens is 3. The van der Waals surface area contributed by atoms with Gasteiger partial charge in [0.1, 0.15) is 5.82 Å². The van der Waals surface area contributed by atoms with E-state index in [0.717, 1.165) is 15.7 Å². The van der Waals surface area contributed by atoms with Gasteiger partial charge in [0.05, 0.1) is 16.7 Å². The van der Waals surface area contributed by atoms with Gasteiger partial charge in [0.15, 0.2) is 0 Å². The molecule has 1 aromatic heterocycles. The lowest BCUT2D eigenvalue weighted by Crippen LogP contribution is -2.01. The minimum absolute atomic E-state index is 0.258. The maximum atomic E-state index is 13.3. The molecule has 1 heterocycles. The fraction of sp³-hybridized carbons (Fsp3) is 0.0714. The Morgan fingerprint density at radius 1 is 1.14 bits per heavy atom. The van der Waals surface area contributed by atoms with Crippen LogP contribution in [0.2, 0.25) is 5.02 Å². The molecule has 0 atom stereocenters. The molecule has 0 saturated carbocycles. The third-order valence-corrected chi connectivity index (χ3v) is 3.88. The van der Waals surface area contributed by atoms with Crippen LogP contribution < -0.4 is 11.0 Å². The van der Waals surface area contributed by atoms with E-state index in [-0.39, 0.29) is 11.5 Å². The average Bonchev–Trinajstić information content (AvgIpc) is 2.74. The molecule has 0 spiro atoms. The van der Waals surface area contributed by atoms with Crippen LogP contribution in [-0.2, 0) is 6.54 Å². The molecule has 7 heteroatoms. The number of nitrogens with one attached hydrogen (secondary N) is 3. The molecule has 0 bridgehead atoms. The van der Waals surface area contributed by atoms with E-state index in [1.165, 1.54) is 12.1 Å². The van der Waals surface area contributed by atoms with Gasteiger partial charge >= 0.3 is 5.69 Å². The Labute approximate surface area is 132 Å². The van der Waals surface area contributed by atoms with Crippen molar-refractivity contribution < 1.29 is 4.39 Å². The maximum absolute atomic E-state index is 13.3. The normalized spacial score (nSPS) is 11.0. The second-order valence-corrected chi connectivity index (χ2v) is 5.88. The molecule has 2 aromatic carbocycles. The first-order chi connectivity index (χ1) is 10.0. The number of rotatable bonds is 3. The standard InChI is InChI=1S/C14H10BrClFN3O/c15-10-4-12-13(20-14(21)19-12)5-11(10)18-6-7-1-8(16)3-9(17)2-7/h1-5,18H,6H2,(H2,19,20,21). The van der Waals surface area contributed by atoms with E-state index >= 15 is 0 Å². The largest absolute Gasteiger partial charge is 0.380 e. The van der Waals surface area contributed by atoms with E-state index < -0.39 is 0 Å². The molecule has 0 aliphatic carbocycles. The lowest BCUT2D eigenvalue weighted by atomic mass is 10.2. The van der Waals surface area contributed by atoms with Crippen molar-refractivity contribution in [2.45, 2.75) is 6.54 Å². The number of fused-ring (bicyclic) bond motifs is 1. The highest BCUT2D eigenvalue weighted by Gasteiger charge is 2.06. The zero-order chi connectivity index (χ0) is 15.0. The topological polar surface area (TPSA) is 60.7 Å². The molecule has 4 nitrogen and oxygen atoms in total. The second-order valence-electron chi connectivity index (χ2n) is 4.59. The fourth-order valence-electron chi connectivity index (χ4n) is 2.10. The van der Waals surface area contributed by atoms with Crippen molar-refractivity contribution >= 4 is 44.3 Å². The highest BCUT2D eigenvalue weighted by atomic mass is 79.9. The lowest BCUT2D eigenvalue weighted by molar-refractivity contribution is 0.626. The van der Waals surface area contributed by atoms with Crippen molar-refractivity contribution in [3.63, 3.8) is 0 Å². The van der Waals surface area contributed by atoms with Crippen LogP contribution in [0.15, 0.2) is 39.6 Å². The van der Waals surface area contributed by atoms with Crippen LogP contribution in [0.1, 0.15) is 5.56 Å². The van der Waals surface area contributed by atoms with Gasteiger partial charge in [-0.25, -0.2) is 9.18 Å². The first kappa shape index (κ1) is 14.2. The third-order valence-electron chi connectivity index (χ3n) is 3.01. The van der Waals surface area contributed by atoms with E-state index in [1.54, 1.807) is 18.2 Å². The van der Waals surface area contributed by atoms with Crippen molar-refractivity contribution in [3.05, 3.63) is 61.7 Å². The van der Waals surface area contributed by atoms with Gasteiger partial charge in [-0.1, -0.05) is 11.6 Å². The molecule has 0 aliphatic rings. The summed E-state index contributed by atoms with van der Waals surface area (Å²) < 4.78 is 14.1. The Morgan fingerprint density at radius 3 is 2.57 bits per heavy atom. The van der Waals surface area contributed by atoms with Crippen LogP contribution in [0.3, 0.4) is 0 Å². The number of benzene rings is 2. The summed E-state index contributed by atoms with van der Waals surface area (Å²) in [7, 11) is 0. The summed E-state index contributed by atoms with van der Waals surface area (Å²) in [6.07, 6.45) is 0. The summed E-state index contributed by atoms with van der Waals surface area (Å²) in [6, 6.07) is 7.98. The van der Waals surface area contributed by atoms with Crippen LogP contribution in [0.5, 0.6) is 0 Å². The van der Waals surface area contributed by atoms with Gasteiger partial charge in [-0.3, -0.25) is 0 Å². The first-order valence-electron chi connectivity index (χ1n) is 6.11. The summed E-state index contributed by atoms with van der Waals surface area (Å²) in [5.74, 6) is -0.371. The van der Waals surface area contributed by atoms with Crippen LogP contribution in [0.4, 0.5) is 10.1 Å². The van der Waals surface area contributed by atoms with E-state index in [0.29, 0.717) is 22.6 Å². The van der Waals surface area contributed by atoms with Gasteiger partial charge < -0.3 is 15.3 Å². The molecule has 3 aromatic rings. The van der Waals surface area contributed by atoms with Crippen LogP contribution in [0, 0.1) is 5.82 Å². The minimum Gasteiger partial charge on any atom is -0.380 e. The van der Waals surface area contributed by atoms with Crippen molar-refractivity contribution in [1.29, 1.82) is 0 Å². The van der Waals surface area contributed by atoms with Gasteiger partial charge in [0.25, 0.3) is 0 Å².